The van der Waals surface area contributed by atoms with Gasteiger partial charge in [-0.2, -0.15) is 0 Å². The number of para-hydroxylation sites is 1. The number of benzene rings is 2. The first-order chi connectivity index (χ1) is 12.5. The molecule has 0 saturated carbocycles. The Morgan fingerprint density at radius 3 is 2.54 bits per heavy atom. The minimum Gasteiger partial charge on any atom is -0.351 e. The predicted molar refractivity (Wildman–Crippen MR) is 103 cm³/mol. The number of hydrogen-bond donors (Lipinski definition) is 1. The highest BCUT2D eigenvalue weighted by Gasteiger charge is 2.29. The van der Waals surface area contributed by atoms with Gasteiger partial charge in [0, 0.05) is 22.6 Å². The molecular weight excluding hydrogens is 348 g/mol. The van der Waals surface area contributed by atoms with Crippen LogP contribution in [0.1, 0.15) is 6.42 Å². The molecule has 0 aliphatic carbocycles. The van der Waals surface area contributed by atoms with Gasteiger partial charge in [0.2, 0.25) is 5.91 Å². The average molecular weight is 368 g/mol. The zero-order valence-corrected chi connectivity index (χ0v) is 15.1. The summed E-state index contributed by atoms with van der Waals surface area (Å²) in [5, 5.41) is 3.95. The fraction of sp³-hybridized carbons (Fsp3) is 0.250. The lowest BCUT2D eigenvalue weighted by Gasteiger charge is -2.14. The first-order valence-corrected chi connectivity index (χ1v) is 10.5. The average Bonchev–Trinajstić information content (AvgIpc) is 3.16. The standard InChI is InChI=1S/C20H20N2O3S/c23-20(21-17-10-11-26(24,25)14-17)13-22-18-9-5-4-8-16(18)12-19(22)15-6-2-1-3-7-15/h1-9,12,17H,10-11,13-14H2,(H,21,23)/t17-/m0/s1. The van der Waals surface area contributed by atoms with Gasteiger partial charge >= 0.3 is 0 Å². The third kappa shape index (κ3) is 3.37. The number of hydrogen-bond acceptors (Lipinski definition) is 3. The topological polar surface area (TPSA) is 68.2 Å². The monoisotopic (exact) mass is 368 g/mol. The van der Waals surface area contributed by atoms with Crippen LogP contribution >= 0.6 is 0 Å². The molecule has 0 bridgehead atoms. The number of rotatable bonds is 4. The summed E-state index contributed by atoms with van der Waals surface area (Å²) in [4.78, 5) is 12.6. The van der Waals surface area contributed by atoms with E-state index in [0.717, 1.165) is 22.2 Å². The van der Waals surface area contributed by atoms with Gasteiger partial charge in [-0.3, -0.25) is 4.79 Å². The van der Waals surface area contributed by atoms with Crippen molar-refractivity contribution in [2.45, 2.75) is 19.0 Å². The Balaban J connectivity index is 1.64. The minimum atomic E-state index is -3.01. The molecular formula is C20H20N2O3S. The molecule has 1 saturated heterocycles. The molecule has 0 radical (unpaired) electrons. The number of carbonyl (C=O) groups excluding carboxylic acids is 1. The molecule has 1 atom stereocenters. The fourth-order valence-electron chi connectivity index (χ4n) is 3.55. The lowest BCUT2D eigenvalue weighted by atomic mass is 10.1. The van der Waals surface area contributed by atoms with E-state index in [9.17, 15) is 13.2 Å². The molecule has 2 heterocycles. The molecule has 0 unspecified atom stereocenters. The predicted octanol–water partition coefficient (Wildman–Crippen LogP) is 2.61. The van der Waals surface area contributed by atoms with Crippen LogP contribution in [0.15, 0.2) is 60.7 Å². The van der Waals surface area contributed by atoms with Gasteiger partial charge in [-0.05, 0) is 24.1 Å². The molecule has 3 aromatic rings. The first-order valence-electron chi connectivity index (χ1n) is 8.65. The van der Waals surface area contributed by atoms with Crippen LogP contribution in [0.4, 0.5) is 0 Å². The Kier molecular flexibility index (Phi) is 4.28. The molecule has 1 aromatic heterocycles. The fourth-order valence-corrected chi connectivity index (χ4v) is 5.23. The van der Waals surface area contributed by atoms with E-state index >= 15 is 0 Å². The lowest BCUT2D eigenvalue weighted by molar-refractivity contribution is -0.122. The SMILES string of the molecule is O=C(Cn1c(-c2ccccc2)cc2ccccc21)N[C@H]1CCS(=O)(=O)C1. The van der Waals surface area contributed by atoms with Crippen molar-refractivity contribution in [2.75, 3.05) is 11.5 Å². The van der Waals surface area contributed by atoms with Crippen LogP contribution in [-0.4, -0.2) is 36.4 Å². The first kappa shape index (κ1) is 16.8. The zero-order chi connectivity index (χ0) is 18.1. The molecule has 134 valence electrons. The van der Waals surface area contributed by atoms with Gasteiger partial charge in [0.15, 0.2) is 9.84 Å². The van der Waals surface area contributed by atoms with Crippen molar-refractivity contribution in [1.82, 2.24) is 9.88 Å². The van der Waals surface area contributed by atoms with Gasteiger partial charge in [-0.25, -0.2) is 8.42 Å². The van der Waals surface area contributed by atoms with E-state index in [4.69, 9.17) is 0 Å². The molecule has 1 amide bonds. The van der Waals surface area contributed by atoms with Crippen molar-refractivity contribution in [3.63, 3.8) is 0 Å². The normalized spacial score (nSPS) is 18.8. The quantitative estimate of drug-likeness (QED) is 0.770. The van der Waals surface area contributed by atoms with Gasteiger partial charge in [0.05, 0.1) is 11.5 Å². The van der Waals surface area contributed by atoms with Crippen LogP contribution in [-0.2, 0) is 21.2 Å². The molecule has 4 rings (SSSR count). The zero-order valence-electron chi connectivity index (χ0n) is 14.3. The van der Waals surface area contributed by atoms with Crippen molar-refractivity contribution in [2.24, 2.45) is 0 Å². The van der Waals surface area contributed by atoms with Gasteiger partial charge in [-0.15, -0.1) is 0 Å². The lowest BCUT2D eigenvalue weighted by Crippen LogP contribution is -2.37. The number of nitrogens with one attached hydrogen (secondary N) is 1. The maximum atomic E-state index is 12.6. The van der Waals surface area contributed by atoms with Crippen LogP contribution < -0.4 is 5.32 Å². The number of fused-ring (bicyclic) bond motifs is 1. The second-order valence-corrected chi connectivity index (χ2v) is 8.94. The number of sulfone groups is 1. The molecule has 26 heavy (non-hydrogen) atoms. The molecule has 1 aliphatic rings. The Morgan fingerprint density at radius 2 is 1.81 bits per heavy atom. The summed E-state index contributed by atoms with van der Waals surface area (Å²) in [5.41, 5.74) is 3.00. The summed E-state index contributed by atoms with van der Waals surface area (Å²) in [6.07, 6.45) is 0.492. The summed E-state index contributed by atoms with van der Waals surface area (Å²) in [6, 6.07) is 19.7. The summed E-state index contributed by atoms with van der Waals surface area (Å²) in [7, 11) is -3.01. The number of amides is 1. The maximum Gasteiger partial charge on any atom is 0.240 e. The highest BCUT2D eigenvalue weighted by atomic mass is 32.2. The Labute approximate surface area is 152 Å². The Bertz CT molecular complexity index is 1060. The highest BCUT2D eigenvalue weighted by Crippen LogP contribution is 2.28. The van der Waals surface area contributed by atoms with Crippen molar-refractivity contribution in [1.29, 1.82) is 0 Å². The van der Waals surface area contributed by atoms with Crippen LogP contribution in [0.25, 0.3) is 22.2 Å². The number of carbonyl (C=O) groups is 1. The van der Waals surface area contributed by atoms with Gasteiger partial charge < -0.3 is 9.88 Å². The van der Waals surface area contributed by atoms with E-state index in [1.165, 1.54) is 0 Å². The largest absolute Gasteiger partial charge is 0.351 e. The molecule has 1 fully saturated rings. The van der Waals surface area contributed by atoms with Crippen LogP contribution in [0.5, 0.6) is 0 Å². The third-order valence-corrected chi connectivity index (χ3v) is 6.55. The van der Waals surface area contributed by atoms with E-state index in [1.54, 1.807) is 0 Å². The van der Waals surface area contributed by atoms with Gasteiger partial charge in [0.1, 0.15) is 6.54 Å². The second kappa shape index (κ2) is 6.61. The van der Waals surface area contributed by atoms with E-state index < -0.39 is 9.84 Å². The number of aromatic nitrogens is 1. The molecule has 5 nitrogen and oxygen atoms in total. The van der Waals surface area contributed by atoms with Crippen LogP contribution in [0.3, 0.4) is 0 Å². The summed E-state index contributed by atoms with van der Waals surface area (Å²) in [5.74, 6) is 0.0294. The Hall–Kier alpha value is -2.60. The van der Waals surface area contributed by atoms with Crippen molar-refractivity contribution >= 4 is 26.6 Å². The summed E-state index contributed by atoms with van der Waals surface area (Å²) in [6.45, 7) is 0.161. The Morgan fingerprint density at radius 1 is 1.08 bits per heavy atom. The van der Waals surface area contributed by atoms with E-state index in [1.807, 2.05) is 59.2 Å². The highest BCUT2D eigenvalue weighted by molar-refractivity contribution is 7.91. The van der Waals surface area contributed by atoms with Crippen molar-refractivity contribution in [3.05, 3.63) is 60.7 Å². The van der Waals surface area contributed by atoms with Crippen LogP contribution in [0.2, 0.25) is 0 Å². The maximum absolute atomic E-state index is 12.6. The van der Waals surface area contributed by atoms with E-state index in [2.05, 4.69) is 11.4 Å². The van der Waals surface area contributed by atoms with E-state index in [0.29, 0.717) is 6.42 Å². The molecule has 1 aliphatic heterocycles. The molecule has 1 N–H and O–H groups in total. The molecule has 6 heteroatoms. The second-order valence-electron chi connectivity index (χ2n) is 6.71. The van der Waals surface area contributed by atoms with Gasteiger partial charge in [-0.1, -0.05) is 48.5 Å². The molecule has 2 aromatic carbocycles. The smallest absolute Gasteiger partial charge is 0.240 e. The molecule has 0 spiro atoms. The van der Waals surface area contributed by atoms with Gasteiger partial charge in [0.25, 0.3) is 0 Å². The summed E-state index contributed by atoms with van der Waals surface area (Å²) < 4.78 is 25.2. The van der Waals surface area contributed by atoms with Crippen LogP contribution in [0, 0.1) is 0 Å². The summed E-state index contributed by atoms with van der Waals surface area (Å²) >= 11 is 0. The van der Waals surface area contributed by atoms with Crippen molar-refractivity contribution in [3.8, 4) is 11.3 Å². The van der Waals surface area contributed by atoms with Crippen molar-refractivity contribution < 1.29 is 13.2 Å². The minimum absolute atomic E-state index is 0.0384. The third-order valence-electron chi connectivity index (χ3n) is 4.78. The number of nitrogens with zero attached hydrogens (tertiary/aromatic N) is 1. The van der Waals surface area contributed by atoms with E-state index in [-0.39, 0.29) is 30.0 Å².